The van der Waals surface area contributed by atoms with Gasteiger partial charge in [0.15, 0.2) is 0 Å². The third-order valence-electron chi connectivity index (χ3n) is 1.25. The minimum Gasteiger partial charge on any atom is -0.0843 e. The van der Waals surface area contributed by atoms with Gasteiger partial charge in [-0.3, -0.25) is 0 Å². The van der Waals surface area contributed by atoms with Gasteiger partial charge in [-0.25, -0.2) is 0 Å². The van der Waals surface area contributed by atoms with Crippen LogP contribution in [0.1, 0.15) is 11.5 Å². The lowest BCUT2D eigenvalue weighted by Crippen LogP contribution is -1.85. The maximum Gasteiger partial charge on any atom is 0.0406 e. The average molecular weight is 151 g/mol. The summed E-state index contributed by atoms with van der Waals surface area (Å²) in [6.45, 7) is 10.8. The van der Waals surface area contributed by atoms with Crippen molar-refractivity contribution in [3.63, 3.8) is 0 Å². The molecule has 0 unspecified atom stereocenters. The van der Waals surface area contributed by atoms with Crippen LogP contribution in [0, 0.1) is 13.8 Å². The molecule has 0 aliphatic rings. The van der Waals surface area contributed by atoms with Crippen LogP contribution in [0.3, 0.4) is 0 Å². The van der Waals surface area contributed by atoms with Crippen LogP contribution in [0.15, 0.2) is 24.3 Å². The zero-order valence-electron chi connectivity index (χ0n) is 5.42. The van der Waals surface area contributed by atoms with Gasteiger partial charge in [0.05, 0.1) is 0 Å². The standard InChI is InChI=1S/C9H7Cl/c1-7(2)8-3-5-9(10)6-4-8/h1-7H. The van der Waals surface area contributed by atoms with Crippen molar-refractivity contribution in [1.82, 2.24) is 0 Å². The molecule has 0 atom stereocenters. The first-order chi connectivity index (χ1) is 4.70. The summed E-state index contributed by atoms with van der Waals surface area (Å²) in [4.78, 5) is 0. The summed E-state index contributed by atoms with van der Waals surface area (Å²) in [7, 11) is 0. The normalized spacial score (nSPS) is 10.4. The summed E-state index contributed by atoms with van der Waals surface area (Å²) in [5.41, 5.74) is 0.893. The third kappa shape index (κ3) is 1.74. The Morgan fingerprint density at radius 1 is 1.10 bits per heavy atom. The van der Waals surface area contributed by atoms with Crippen LogP contribution in [0.4, 0.5) is 0 Å². The Kier molecular flexibility index (Phi) is 2.34. The van der Waals surface area contributed by atoms with E-state index in [1.807, 2.05) is 12.1 Å². The highest BCUT2D eigenvalue weighted by molar-refractivity contribution is 6.30. The molecule has 4 radical (unpaired) electrons. The van der Waals surface area contributed by atoms with E-state index in [9.17, 15) is 0 Å². The van der Waals surface area contributed by atoms with E-state index >= 15 is 0 Å². The van der Waals surface area contributed by atoms with Crippen molar-refractivity contribution in [2.45, 2.75) is 5.92 Å². The monoisotopic (exact) mass is 150 g/mol. The fraction of sp³-hybridized carbons (Fsp3) is 0.111. The predicted octanol–water partition coefficient (Wildman–Crippen LogP) is 2.85. The minimum absolute atomic E-state index is 0.405. The molecular formula is C9H7Cl. The molecule has 0 heterocycles. The van der Waals surface area contributed by atoms with Gasteiger partial charge in [-0.1, -0.05) is 23.7 Å². The Morgan fingerprint density at radius 2 is 1.60 bits per heavy atom. The zero-order valence-corrected chi connectivity index (χ0v) is 6.18. The van der Waals surface area contributed by atoms with Crippen LogP contribution < -0.4 is 0 Å². The molecule has 0 aromatic heterocycles. The molecule has 0 amide bonds. The molecule has 1 heteroatoms. The molecule has 0 saturated carbocycles. The molecule has 0 fully saturated rings. The molecule has 0 N–H and O–H groups in total. The van der Waals surface area contributed by atoms with Gasteiger partial charge in [0.2, 0.25) is 0 Å². The SMILES string of the molecule is [CH]C([CH])c1ccc(Cl)cc1. The first-order valence-corrected chi connectivity index (χ1v) is 3.34. The second kappa shape index (κ2) is 3.07. The highest BCUT2D eigenvalue weighted by Crippen LogP contribution is 2.15. The summed E-state index contributed by atoms with van der Waals surface area (Å²) >= 11 is 5.63. The molecule has 0 nitrogen and oxygen atoms in total. The van der Waals surface area contributed by atoms with Crippen LogP contribution in [0.2, 0.25) is 5.02 Å². The Hall–Kier alpha value is -0.490. The van der Waals surface area contributed by atoms with E-state index in [-0.39, 0.29) is 0 Å². The smallest absolute Gasteiger partial charge is 0.0406 e. The second-order valence-corrected chi connectivity index (χ2v) is 2.51. The predicted molar refractivity (Wildman–Crippen MR) is 42.8 cm³/mol. The van der Waals surface area contributed by atoms with E-state index in [2.05, 4.69) is 0 Å². The Morgan fingerprint density at radius 3 is 2.00 bits per heavy atom. The molecule has 1 aromatic rings. The van der Waals surface area contributed by atoms with E-state index in [0.717, 1.165) is 5.56 Å². The van der Waals surface area contributed by atoms with Crippen LogP contribution >= 0.6 is 11.6 Å². The van der Waals surface area contributed by atoms with E-state index in [1.54, 1.807) is 12.1 Å². The van der Waals surface area contributed by atoms with Crippen molar-refractivity contribution in [2.24, 2.45) is 0 Å². The van der Waals surface area contributed by atoms with Gasteiger partial charge in [-0.2, -0.15) is 0 Å². The molecule has 10 heavy (non-hydrogen) atoms. The number of hydrogen-bond donors (Lipinski definition) is 0. The topological polar surface area (TPSA) is 0 Å². The maximum absolute atomic E-state index is 5.63. The van der Waals surface area contributed by atoms with Crippen molar-refractivity contribution in [2.75, 3.05) is 0 Å². The van der Waals surface area contributed by atoms with Crippen molar-refractivity contribution < 1.29 is 0 Å². The highest BCUT2D eigenvalue weighted by atomic mass is 35.5. The van der Waals surface area contributed by atoms with Crippen LogP contribution in [-0.4, -0.2) is 0 Å². The molecule has 0 spiro atoms. The van der Waals surface area contributed by atoms with E-state index in [4.69, 9.17) is 25.4 Å². The van der Waals surface area contributed by atoms with Gasteiger partial charge < -0.3 is 0 Å². The van der Waals surface area contributed by atoms with Crippen LogP contribution in [0.25, 0.3) is 0 Å². The van der Waals surface area contributed by atoms with Crippen LogP contribution in [-0.2, 0) is 0 Å². The average Bonchev–Trinajstić information content (AvgIpc) is 1.88. The second-order valence-electron chi connectivity index (χ2n) is 2.08. The maximum atomic E-state index is 5.63. The van der Waals surface area contributed by atoms with E-state index in [1.165, 1.54) is 0 Å². The van der Waals surface area contributed by atoms with E-state index in [0.29, 0.717) is 5.02 Å². The Bertz CT molecular complexity index is 198. The molecule has 0 bridgehead atoms. The molecule has 0 aliphatic heterocycles. The van der Waals surface area contributed by atoms with E-state index < -0.39 is 5.92 Å². The lowest BCUT2D eigenvalue weighted by atomic mass is 10.0. The lowest BCUT2D eigenvalue weighted by molar-refractivity contribution is 1.08. The Labute approximate surface area is 66.8 Å². The van der Waals surface area contributed by atoms with Gasteiger partial charge in [0.1, 0.15) is 0 Å². The zero-order chi connectivity index (χ0) is 7.56. The van der Waals surface area contributed by atoms with Crippen LogP contribution in [0.5, 0.6) is 0 Å². The van der Waals surface area contributed by atoms with Crippen molar-refractivity contribution in [3.05, 3.63) is 48.7 Å². The summed E-state index contributed by atoms with van der Waals surface area (Å²) < 4.78 is 0. The first kappa shape index (κ1) is 7.62. The molecular weight excluding hydrogens is 144 g/mol. The van der Waals surface area contributed by atoms with Gasteiger partial charge in [0.25, 0.3) is 0 Å². The fourth-order valence-electron chi connectivity index (χ4n) is 0.685. The number of benzene rings is 1. The van der Waals surface area contributed by atoms with Crippen molar-refractivity contribution >= 4 is 11.6 Å². The summed E-state index contributed by atoms with van der Waals surface area (Å²) in [6.07, 6.45) is 0. The molecule has 0 saturated heterocycles. The lowest BCUT2D eigenvalue weighted by Gasteiger charge is -2.02. The fourth-order valence-corrected chi connectivity index (χ4v) is 0.811. The Balaban J connectivity index is 2.89. The highest BCUT2D eigenvalue weighted by Gasteiger charge is 1.96. The third-order valence-corrected chi connectivity index (χ3v) is 1.51. The van der Waals surface area contributed by atoms with Crippen molar-refractivity contribution in [1.29, 1.82) is 0 Å². The quantitative estimate of drug-likeness (QED) is 0.578. The number of rotatable bonds is 1. The number of hydrogen-bond acceptors (Lipinski definition) is 0. The summed E-state index contributed by atoms with van der Waals surface area (Å²) in [5, 5.41) is 0.699. The molecule has 1 rings (SSSR count). The van der Waals surface area contributed by atoms with Gasteiger partial charge in [-0.05, 0) is 37.5 Å². The molecule has 0 aliphatic carbocycles. The van der Waals surface area contributed by atoms with Gasteiger partial charge >= 0.3 is 0 Å². The van der Waals surface area contributed by atoms with Gasteiger partial charge in [0, 0.05) is 5.02 Å². The summed E-state index contributed by atoms with van der Waals surface area (Å²) in [6, 6.07) is 7.16. The first-order valence-electron chi connectivity index (χ1n) is 2.97. The molecule has 1 aromatic carbocycles. The largest absolute Gasteiger partial charge is 0.0843 e. The van der Waals surface area contributed by atoms with Gasteiger partial charge in [-0.15, -0.1) is 0 Å². The van der Waals surface area contributed by atoms with Crippen molar-refractivity contribution in [3.8, 4) is 0 Å². The minimum atomic E-state index is -0.405. The number of halogens is 1. The molecule has 50 valence electrons. The summed E-state index contributed by atoms with van der Waals surface area (Å²) in [5.74, 6) is -0.405.